The van der Waals surface area contributed by atoms with Crippen molar-refractivity contribution in [2.24, 2.45) is 0 Å². The second-order valence-corrected chi connectivity index (χ2v) is 9.18. The van der Waals surface area contributed by atoms with Gasteiger partial charge in [0.2, 0.25) is 5.75 Å². The van der Waals surface area contributed by atoms with Gasteiger partial charge in [-0.25, -0.2) is 15.0 Å². The summed E-state index contributed by atoms with van der Waals surface area (Å²) in [5, 5.41) is 0. The zero-order valence-corrected chi connectivity index (χ0v) is 20.1. The van der Waals surface area contributed by atoms with E-state index in [1.165, 1.54) is 18.9 Å². The number of ether oxygens (including phenoxy) is 1. The number of nitrogen functional groups attached to an aromatic ring is 1. The number of aromatic nitrogens is 5. The molecule has 2 aliphatic heterocycles. The Balaban J connectivity index is 1.38. The molecule has 0 atom stereocenters. The molecular weight excluding hydrogens is 473 g/mol. The van der Waals surface area contributed by atoms with Crippen molar-refractivity contribution < 1.29 is 17.9 Å². The SMILES string of the molecule is COc1c(N)ncnc1N1CCC(c2nc(-c3ccnc(C(F)(F)F)c3)cn2CCN2CCC2)CC1. The van der Waals surface area contributed by atoms with E-state index in [1.54, 1.807) is 13.2 Å². The molecule has 0 spiro atoms. The fraction of sp³-hybridized carbons (Fsp3) is 0.500. The van der Waals surface area contributed by atoms with Crippen molar-refractivity contribution in [1.82, 2.24) is 29.4 Å². The van der Waals surface area contributed by atoms with Crippen LogP contribution >= 0.6 is 0 Å². The van der Waals surface area contributed by atoms with Gasteiger partial charge in [-0.2, -0.15) is 13.2 Å². The summed E-state index contributed by atoms with van der Waals surface area (Å²) in [6, 6.07) is 2.65. The van der Waals surface area contributed by atoms with Crippen LogP contribution in [0.3, 0.4) is 0 Å². The summed E-state index contributed by atoms with van der Waals surface area (Å²) in [5.41, 5.74) is 5.99. The molecule has 3 aromatic rings. The molecule has 0 bridgehead atoms. The summed E-state index contributed by atoms with van der Waals surface area (Å²) in [4.78, 5) is 21.2. The minimum Gasteiger partial charge on any atom is -0.490 e. The molecule has 0 amide bonds. The predicted molar refractivity (Wildman–Crippen MR) is 129 cm³/mol. The quantitative estimate of drug-likeness (QED) is 0.525. The molecule has 2 N–H and O–H groups in total. The van der Waals surface area contributed by atoms with Gasteiger partial charge in [-0.1, -0.05) is 0 Å². The van der Waals surface area contributed by atoms with E-state index < -0.39 is 11.9 Å². The van der Waals surface area contributed by atoms with Crippen molar-refractivity contribution >= 4 is 11.6 Å². The third kappa shape index (κ3) is 4.95. The van der Waals surface area contributed by atoms with Crippen molar-refractivity contribution in [2.75, 3.05) is 50.5 Å². The largest absolute Gasteiger partial charge is 0.490 e. The number of likely N-dealkylation sites (tertiary alicyclic amines) is 1. The molecule has 5 rings (SSSR count). The topological polar surface area (TPSA) is 98.2 Å². The Morgan fingerprint density at radius 3 is 2.53 bits per heavy atom. The van der Waals surface area contributed by atoms with Crippen LogP contribution < -0.4 is 15.4 Å². The zero-order chi connectivity index (χ0) is 25.3. The lowest BCUT2D eigenvalue weighted by Crippen LogP contribution is -2.39. The molecule has 2 saturated heterocycles. The average molecular weight is 503 g/mol. The molecule has 0 aromatic carbocycles. The maximum atomic E-state index is 13.2. The monoisotopic (exact) mass is 502 g/mol. The molecular formula is C24H29F3N8O. The van der Waals surface area contributed by atoms with E-state index in [9.17, 15) is 13.2 Å². The third-order valence-corrected chi connectivity index (χ3v) is 6.94. The van der Waals surface area contributed by atoms with Gasteiger partial charge in [0, 0.05) is 50.1 Å². The smallest absolute Gasteiger partial charge is 0.433 e. The average Bonchev–Trinajstić information content (AvgIpc) is 3.27. The van der Waals surface area contributed by atoms with Crippen molar-refractivity contribution in [3.8, 4) is 17.0 Å². The molecule has 12 heteroatoms. The third-order valence-electron chi connectivity index (χ3n) is 6.94. The Kier molecular flexibility index (Phi) is 6.69. The number of methoxy groups -OCH3 is 1. The van der Waals surface area contributed by atoms with E-state index in [0.717, 1.165) is 64.0 Å². The van der Waals surface area contributed by atoms with Crippen molar-refractivity contribution in [3.63, 3.8) is 0 Å². The first-order valence-electron chi connectivity index (χ1n) is 12.1. The molecule has 2 aliphatic rings. The first-order valence-corrected chi connectivity index (χ1v) is 12.1. The molecule has 192 valence electrons. The second kappa shape index (κ2) is 9.92. The minimum atomic E-state index is -4.50. The Morgan fingerprint density at radius 1 is 1.08 bits per heavy atom. The summed E-state index contributed by atoms with van der Waals surface area (Å²) in [7, 11) is 1.55. The molecule has 0 aliphatic carbocycles. The van der Waals surface area contributed by atoms with Crippen LogP contribution in [0.25, 0.3) is 11.3 Å². The van der Waals surface area contributed by atoms with Crippen LogP contribution in [-0.4, -0.2) is 69.2 Å². The summed E-state index contributed by atoms with van der Waals surface area (Å²) < 4.78 is 47.3. The van der Waals surface area contributed by atoms with E-state index in [0.29, 0.717) is 28.6 Å². The van der Waals surface area contributed by atoms with E-state index in [4.69, 9.17) is 15.5 Å². The van der Waals surface area contributed by atoms with Gasteiger partial charge in [0.1, 0.15) is 17.8 Å². The number of rotatable bonds is 7. The number of piperidine rings is 1. The lowest BCUT2D eigenvalue weighted by molar-refractivity contribution is -0.141. The molecule has 3 aromatic heterocycles. The normalized spacial score (nSPS) is 17.3. The maximum Gasteiger partial charge on any atom is 0.433 e. The van der Waals surface area contributed by atoms with Crippen LogP contribution in [0.15, 0.2) is 30.9 Å². The number of alkyl halides is 3. The van der Waals surface area contributed by atoms with Crippen LogP contribution in [0.4, 0.5) is 24.8 Å². The van der Waals surface area contributed by atoms with Gasteiger partial charge >= 0.3 is 6.18 Å². The van der Waals surface area contributed by atoms with Gasteiger partial charge in [0.25, 0.3) is 0 Å². The van der Waals surface area contributed by atoms with Crippen molar-refractivity contribution in [1.29, 1.82) is 0 Å². The van der Waals surface area contributed by atoms with Gasteiger partial charge in [-0.15, -0.1) is 0 Å². The van der Waals surface area contributed by atoms with Gasteiger partial charge in [-0.3, -0.25) is 4.98 Å². The van der Waals surface area contributed by atoms with E-state index in [-0.39, 0.29) is 5.92 Å². The highest BCUT2D eigenvalue weighted by Crippen LogP contribution is 2.36. The van der Waals surface area contributed by atoms with Crippen LogP contribution in [0.1, 0.15) is 36.7 Å². The van der Waals surface area contributed by atoms with Gasteiger partial charge in [0.15, 0.2) is 11.6 Å². The van der Waals surface area contributed by atoms with Gasteiger partial charge in [0.05, 0.1) is 12.8 Å². The number of pyridine rings is 1. The minimum absolute atomic E-state index is 0.167. The summed E-state index contributed by atoms with van der Waals surface area (Å²) in [6.07, 6.45) is 2.83. The second-order valence-electron chi connectivity index (χ2n) is 9.18. The summed E-state index contributed by atoms with van der Waals surface area (Å²) >= 11 is 0. The molecule has 5 heterocycles. The Morgan fingerprint density at radius 2 is 1.86 bits per heavy atom. The van der Waals surface area contributed by atoms with Gasteiger partial charge < -0.3 is 24.8 Å². The van der Waals surface area contributed by atoms with E-state index >= 15 is 0 Å². The summed E-state index contributed by atoms with van der Waals surface area (Å²) in [5.74, 6) is 2.51. The van der Waals surface area contributed by atoms with Crippen LogP contribution in [-0.2, 0) is 12.7 Å². The number of halogens is 3. The number of hydrogen-bond acceptors (Lipinski definition) is 8. The maximum absolute atomic E-state index is 13.2. The number of imidazole rings is 1. The molecule has 9 nitrogen and oxygen atoms in total. The van der Waals surface area contributed by atoms with Crippen LogP contribution in [0.5, 0.6) is 5.75 Å². The number of anilines is 2. The van der Waals surface area contributed by atoms with Gasteiger partial charge in [-0.05, 0) is 44.5 Å². The zero-order valence-electron chi connectivity index (χ0n) is 20.1. The summed E-state index contributed by atoms with van der Waals surface area (Å²) in [6.45, 7) is 5.24. The highest BCUT2D eigenvalue weighted by molar-refractivity contribution is 5.63. The van der Waals surface area contributed by atoms with E-state index in [2.05, 4.69) is 29.3 Å². The molecule has 0 radical (unpaired) electrons. The fourth-order valence-electron chi connectivity index (χ4n) is 4.82. The lowest BCUT2D eigenvalue weighted by atomic mass is 9.95. The highest BCUT2D eigenvalue weighted by atomic mass is 19.4. The Hall–Kier alpha value is -3.41. The first kappa shape index (κ1) is 24.3. The Labute approximate surface area is 207 Å². The van der Waals surface area contributed by atoms with Crippen LogP contribution in [0, 0.1) is 0 Å². The standard InChI is InChI=1S/C24H29F3N8O/c1-36-20-21(28)30-15-31-23(20)34-9-4-16(5-10-34)22-32-18(14-35(22)12-11-33-7-2-8-33)17-3-6-29-19(13-17)24(25,26)27/h3,6,13-16H,2,4-5,7-12H2,1H3,(H2,28,30,31). The van der Waals surface area contributed by atoms with Crippen LogP contribution in [0.2, 0.25) is 0 Å². The molecule has 2 fully saturated rings. The first-order chi connectivity index (χ1) is 17.3. The molecule has 0 unspecified atom stereocenters. The Bertz CT molecular complexity index is 1200. The number of hydrogen-bond donors (Lipinski definition) is 1. The molecule has 36 heavy (non-hydrogen) atoms. The number of nitrogens with zero attached hydrogens (tertiary/aromatic N) is 7. The lowest BCUT2D eigenvalue weighted by Gasteiger charge is -2.34. The molecule has 0 saturated carbocycles. The number of nitrogens with two attached hydrogens (primary N) is 1. The van der Waals surface area contributed by atoms with Crippen molar-refractivity contribution in [3.05, 3.63) is 42.4 Å². The van der Waals surface area contributed by atoms with E-state index in [1.807, 2.05) is 6.20 Å². The highest BCUT2D eigenvalue weighted by Gasteiger charge is 2.33. The fourth-order valence-corrected chi connectivity index (χ4v) is 4.82. The van der Waals surface area contributed by atoms with Crippen molar-refractivity contribution in [2.45, 2.75) is 37.9 Å². The predicted octanol–water partition coefficient (Wildman–Crippen LogP) is 3.43.